The second-order valence-corrected chi connectivity index (χ2v) is 6.54. The lowest BCUT2D eigenvalue weighted by Gasteiger charge is -2.32. The number of carbonyl (C=O) groups is 2. The van der Waals surface area contributed by atoms with Gasteiger partial charge in [-0.3, -0.25) is 9.69 Å². The maximum absolute atomic E-state index is 12.0. The minimum Gasteiger partial charge on any atom is -0.481 e. The van der Waals surface area contributed by atoms with Gasteiger partial charge in [0, 0.05) is 25.2 Å². The fraction of sp³-hybridized carbons (Fsp3) is 0.867. The van der Waals surface area contributed by atoms with Crippen LogP contribution in [0.5, 0.6) is 0 Å². The average Bonchev–Trinajstić information content (AvgIpc) is 2.88. The maximum atomic E-state index is 12.0. The van der Waals surface area contributed by atoms with E-state index < -0.39 is 11.4 Å². The highest BCUT2D eigenvalue weighted by molar-refractivity contribution is 5.78. The molecule has 0 aromatic rings. The zero-order chi connectivity index (χ0) is 15.5. The van der Waals surface area contributed by atoms with Gasteiger partial charge in [-0.05, 0) is 39.2 Å². The molecule has 0 aromatic carbocycles. The molecule has 2 amide bonds. The SMILES string of the molecule is CCC(C)(CNC(=O)NC1CCN2CCCCC12)C(=O)O. The minimum atomic E-state index is -0.899. The first-order valence-corrected chi connectivity index (χ1v) is 7.98. The lowest BCUT2D eigenvalue weighted by molar-refractivity contribution is -0.147. The number of amides is 2. The Hall–Kier alpha value is -1.30. The predicted octanol–water partition coefficient (Wildman–Crippen LogP) is 1.41. The number of carbonyl (C=O) groups excluding carboxylic acids is 1. The Morgan fingerprint density at radius 1 is 1.29 bits per heavy atom. The molecule has 21 heavy (non-hydrogen) atoms. The van der Waals surface area contributed by atoms with Crippen LogP contribution in [-0.4, -0.2) is 53.7 Å². The summed E-state index contributed by atoms with van der Waals surface area (Å²) in [5.41, 5.74) is -0.899. The highest BCUT2D eigenvalue weighted by atomic mass is 16.4. The molecule has 120 valence electrons. The van der Waals surface area contributed by atoms with Crippen LogP contribution in [0.1, 0.15) is 46.0 Å². The van der Waals surface area contributed by atoms with Crippen LogP contribution in [0.15, 0.2) is 0 Å². The van der Waals surface area contributed by atoms with E-state index >= 15 is 0 Å². The lowest BCUT2D eigenvalue weighted by Crippen LogP contribution is -2.51. The van der Waals surface area contributed by atoms with E-state index in [4.69, 9.17) is 0 Å². The van der Waals surface area contributed by atoms with E-state index in [0.717, 1.165) is 25.9 Å². The summed E-state index contributed by atoms with van der Waals surface area (Å²) >= 11 is 0. The van der Waals surface area contributed by atoms with Gasteiger partial charge < -0.3 is 15.7 Å². The van der Waals surface area contributed by atoms with E-state index in [2.05, 4.69) is 15.5 Å². The van der Waals surface area contributed by atoms with E-state index in [-0.39, 0.29) is 18.6 Å². The van der Waals surface area contributed by atoms with Crippen LogP contribution in [0.4, 0.5) is 4.79 Å². The van der Waals surface area contributed by atoms with Crippen LogP contribution < -0.4 is 10.6 Å². The molecule has 3 N–H and O–H groups in total. The molecule has 0 spiro atoms. The molecule has 2 heterocycles. The zero-order valence-corrected chi connectivity index (χ0v) is 13.0. The third-order valence-corrected chi connectivity index (χ3v) is 5.11. The number of hydrogen-bond donors (Lipinski definition) is 3. The summed E-state index contributed by atoms with van der Waals surface area (Å²) in [6.45, 7) is 5.83. The molecule has 3 unspecified atom stereocenters. The van der Waals surface area contributed by atoms with Crippen molar-refractivity contribution in [3.63, 3.8) is 0 Å². The highest BCUT2D eigenvalue weighted by Crippen LogP contribution is 2.27. The first-order chi connectivity index (χ1) is 9.96. The Labute approximate surface area is 126 Å². The number of carboxylic acids is 1. The molecule has 6 nitrogen and oxygen atoms in total. The van der Waals surface area contributed by atoms with E-state index in [1.165, 1.54) is 12.8 Å². The molecule has 2 fully saturated rings. The van der Waals surface area contributed by atoms with E-state index in [0.29, 0.717) is 12.5 Å². The molecule has 0 radical (unpaired) electrons. The fourth-order valence-electron chi connectivity index (χ4n) is 3.26. The Morgan fingerprint density at radius 2 is 2.05 bits per heavy atom. The number of urea groups is 1. The largest absolute Gasteiger partial charge is 0.481 e. The summed E-state index contributed by atoms with van der Waals surface area (Å²) < 4.78 is 0. The molecule has 0 saturated carbocycles. The first-order valence-electron chi connectivity index (χ1n) is 7.98. The molecular weight excluding hydrogens is 270 g/mol. The summed E-state index contributed by atoms with van der Waals surface area (Å²) in [5, 5.41) is 15.0. The van der Waals surface area contributed by atoms with Gasteiger partial charge in [0.2, 0.25) is 0 Å². The number of hydrogen-bond acceptors (Lipinski definition) is 3. The topological polar surface area (TPSA) is 81.7 Å². The Kier molecular flexibility index (Phi) is 5.08. The molecule has 0 aliphatic carbocycles. The number of aliphatic carboxylic acids is 1. The fourth-order valence-corrected chi connectivity index (χ4v) is 3.26. The summed E-state index contributed by atoms with van der Waals surface area (Å²) in [5.74, 6) is -0.871. The van der Waals surface area contributed by atoms with Gasteiger partial charge in [-0.2, -0.15) is 0 Å². The monoisotopic (exact) mass is 297 g/mol. The second kappa shape index (κ2) is 6.64. The summed E-state index contributed by atoms with van der Waals surface area (Å²) in [6.07, 6.45) is 5.11. The lowest BCUT2D eigenvalue weighted by atomic mass is 9.88. The maximum Gasteiger partial charge on any atom is 0.315 e. The number of nitrogens with zero attached hydrogens (tertiary/aromatic N) is 1. The van der Waals surface area contributed by atoms with Gasteiger partial charge >= 0.3 is 12.0 Å². The molecule has 2 aliphatic rings. The third-order valence-electron chi connectivity index (χ3n) is 5.11. The normalized spacial score (nSPS) is 28.5. The van der Waals surface area contributed by atoms with Crippen LogP contribution in [0.3, 0.4) is 0 Å². The molecule has 0 aromatic heterocycles. The van der Waals surface area contributed by atoms with Gasteiger partial charge in [0.05, 0.1) is 5.41 Å². The Balaban J connectivity index is 1.81. The molecule has 0 bridgehead atoms. The van der Waals surface area contributed by atoms with E-state index in [9.17, 15) is 14.7 Å². The van der Waals surface area contributed by atoms with E-state index in [1.54, 1.807) is 6.92 Å². The van der Waals surface area contributed by atoms with Crippen LogP contribution >= 0.6 is 0 Å². The first kappa shape index (κ1) is 16.1. The van der Waals surface area contributed by atoms with Crippen LogP contribution in [0.2, 0.25) is 0 Å². The summed E-state index contributed by atoms with van der Waals surface area (Å²) in [6, 6.07) is 0.415. The van der Waals surface area contributed by atoms with Gasteiger partial charge in [-0.15, -0.1) is 0 Å². The average molecular weight is 297 g/mol. The van der Waals surface area contributed by atoms with Gasteiger partial charge in [-0.1, -0.05) is 13.3 Å². The number of rotatable bonds is 5. The van der Waals surface area contributed by atoms with Gasteiger partial charge in [0.25, 0.3) is 0 Å². The smallest absolute Gasteiger partial charge is 0.315 e. The molecule has 2 saturated heterocycles. The number of piperidine rings is 1. The van der Waals surface area contributed by atoms with Crippen molar-refractivity contribution >= 4 is 12.0 Å². The van der Waals surface area contributed by atoms with Crippen molar-refractivity contribution in [2.45, 2.75) is 58.0 Å². The van der Waals surface area contributed by atoms with Crippen molar-refractivity contribution in [3.8, 4) is 0 Å². The van der Waals surface area contributed by atoms with Crippen LogP contribution in [0.25, 0.3) is 0 Å². The number of carboxylic acid groups (broad SMARTS) is 1. The van der Waals surface area contributed by atoms with E-state index in [1.807, 2.05) is 6.92 Å². The van der Waals surface area contributed by atoms with Crippen LogP contribution in [0, 0.1) is 5.41 Å². The molecule has 3 atom stereocenters. The summed E-state index contributed by atoms with van der Waals surface area (Å²) in [4.78, 5) is 25.7. The van der Waals surface area contributed by atoms with Crippen molar-refractivity contribution in [2.24, 2.45) is 5.41 Å². The zero-order valence-electron chi connectivity index (χ0n) is 13.0. The van der Waals surface area contributed by atoms with Gasteiger partial charge in [0.1, 0.15) is 0 Å². The third kappa shape index (κ3) is 3.67. The molecular formula is C15H27N3O3. The highest BCUT2D eigenvalue weighted by Gasteiger charge is 2.37. The number of fused-ring (bicyclic) bond motifs is 1. The van der Waals surface area contributed by atoms with Gasteiger partial charge in [-0.25, -0.2) is 4.79 Å². The number of nitrogens with one attached hydrogen (secondary N) is 2. The molecule has 2 rings (SSSR count). The predicted molar refractivity (Wildman–Crippen MR) is 80.2 cm³/mol. The molecule has 2 aliphatic heterocycles. The second-order valence-electron chi connectivity index (χ2n) is 6.54. The van der Waals surface area contributed by atoms with Crippen molar-refractivity contribution in [1.29, 1.82) is 0 Å². The van der Waals surface area contributed by atoms with Crippen molar-refractivity contribution in [1.82, 2.24) is 15.5 Å². The van der Waals surface area contributed by atoms with Crippen molar-refractivity contribution in [3.05, 3.63) is 0 Å². The Bertz CT molecular complexity index is 402. The standard InChI is InChI=1S/C15H27N3O3/c1-3-15(2,13(19)20)10-16-14(21)17-11-7-9-18-8-5-4-6-12(11)18/h11-12H,3-10H2,1-2H3,(H,19,20)(H2,16,17,21). The quantitative estimate of drug-likeness (QED) is 0.716. The van der Waals surface area contributed by atoms with Gasteiger partial charge in [0.15, 0.2) is 0 Å². The summed E-state index contributed by atoms with van der Waals surface area (Å²) in [7, 11) is 0. The minimum absolute atomic E-state index is 0.158. The van der Waals surface area contributed by atoms with Crippen LogP contribution in [-0.2, 0) is 4.79 Å². The molecule has 6 heteroatoms. The Morgan fingerprint density at radius 3 is 2.71 bits per heavy atom. The van der Waals surface area contributed by atoms with Crippen molar-refractivity contribution < 1.29 is 14.7 Å². The van der Waals surface area contributed by atoms with Crippen molar-refractivity contribution in [2.75, 3.05) is 19.6 Å².